The fourth-order valence-corrected chi connectivity index (χ4v) is 3.03. The van der Waals surface area contributed by atoms with E-state index in [1.807, 2.05) is 60.7 Å². The summed E-state index contributed by atoms with van der Waals surface area (Å²) in [5.74, 6) is 1.56. The number of para-hydroxylation sites is 1. The average molecular weight is 319 g/mol. The van der Waals surface area contributed by atoms with E-state index in [9.17, 15) is 0 Å². The van der Waals surface area contributed by atoms with Crippen molar-refractivity contribution in [1.82, 2.24) is 20.2 Å². The molecule has 0 unspecified atom stereocenters. The van der Waals surface area contributed by atoms with Gasteiger partial charge in [-0.25, -0.2) is 9.97 Å². The highest BCUT2D eigenvalue weighted by molar-refractivity contribution is 7.99. The molecule has 0 saturated heterocycles. The number of nitrogens with zero attached hydrogens (tertiary/aromatic N) is 3. The normalized spacial score (nSPS) is 10.8. The topological polar surface area (TPSA) is 66.5 Å². The highest BCUT2D eigenvalue weighted by Crippen LogP contribution is 2.29. The monoisotopic (exact) mass is 319 g/mol. The highest BCUT2D eigenvalue weighted by atomic mass is 32.2. The minimum absolute atomic E-state index is 0.705. The summed E-state index contributed by atoms with van der Waals surface area (Å²) in [4.78, 5) is 10.4. The van der Waals surface area contributed by atoms with Gasteiger partial charge in [0, 0.05) is 16.3 Å². The van der Waals surface area contributed by atoms with Gasteiger partial charge in [-0.1, -0.05) is 30.3 Å². The first-order valence-electron chi connectivity index (χ1n) is 7.14. The number of hydrogen-bond donors (Lipinski definition) is 2. The number of aromatic nitrogens is 4. The Labute approximate surface area is 137 Å². The maximum absolute atomic E-state index is 4.66. The average Bonchev–Trinajstić information content (AvgIpc) is 3.09. The molecule has 0 fully saturated rings. The van der Waals surface area contributed by atoms with Crippen molar-refractivity contribution in [2.24, 2.45) is 0 Å². The van der Waals surface area contributed by atoms with Crippen LogP contribution in [0.2, 0.25) is 0 Å². The van der Waals surface area contributed by atoms with Gasteiger partial charge in [-0.2, -0.15) is 5.10 Å². The lowest BCUT2D eigenvalue weighted by atomic mass is 10.2. The highest BCUT2D eigenvalue weighted by Gasteiger charge is 2.09. The van der Waals surface area contributed by atoms with Crippen LogP contribution in [-0.2, 0) is 0 Å². The van der Waals surface area contributed by atoms with E-state index in [1.54, 1.807) is 18.0 Å². The molecule has 2 aromatic heterocycles. The summed E-state index contributed by atoms with van der Waals surface area (Å²) in [6.45, 7) is 0. The van der Waals surface area contributed by atoms with E-state index in [1.165, 1.54) is 0 Å². The minimum Gasteiger partial charge on any atom is -0.325 e. The van der Waals surface area contributed by atoms with Gasteiger partial charge in [-0.15, -0.1) is 0 Å². The Morgan fingerprint density at radius 1 is 0.870 bits per heavy atom. The van der Waals surface area contributed by atoms with Gasteiger partial charge in [0.15, 0.2) is 5.16 Å². The molecular weight excluding hydrogens is 306 g/mol. The first-order chi connectivity index (χ1) is 11.4. The fraction of sp³-hybridized carbons (Fsp3) is 0. The van der Waals surface area contributed by atoms with Crippen LogP contribution in [0.1, 0.15) is 0 Å². The number of aromatic amines is 1. The summed E-state index contributed by atoms with van der Waals surface area (Å²) in [6.07, 6.45) is 1.70. The zero-order valence-corrected chi connectivity index (χ0v) is 12.9. The molecule has 0 radical (unpaired) electrons. The van der Waals surface area contributed by atoms with Crippen molar-refractivity contribution in [3.63, 3.8) is 0 Å². The Kier molecular flexibility index (Phi) is 3.65. The Morgan fingerprint density at radius 2 is 1.70 bits per heavy atom. The molecule has 2 aromatic carbocycles. The van der Waals surface area contributed by atoms with E-state index in [-0.39, 0.29) is 0 Å². The minimum atomic E-state index is 0.705. The molecule has 5 nitrogen and oxygen atoms in total. The summed E-state index contributed by atoms with van der Waals surface area (Å²) in [5.41, 5.74) is 0.906. The number of hydrogen-bond acceptors (Lipinski definition) is 5. The second kappa shape index (κ2) is 6.10. The van der Waals surface area contributed by atoms with Gasteiger partial charge in [0.1, 0.15) is 11.6 Å². The molecule has 0 spiro atoms. The Bertz CT molecular complexity index is 922. The molecule has 0 saturated carbocycles. The molecule has 2 heterocycles. The van der Waals surface area contributed by atoms with Crippen molar-refractivity contribution >= 4 is 34.3 Å². The molecule has 0 aliphatic rings. The van der Waals surface area contributed by atoms with Gasteiger partial charge in [-0.3, -0.25) is 5.10 Å². The van der Waals surface area contributed by atoms with Gasteiger partial charge in [-0.05, 0) is 36.0 Å². The first-order valence-corrected chi connectivity index (χ1v) is 7.96. The molecule has 0 aliphatic carbocycles. The Balaban J connectivity index is 1.77. The number of fused-ring (bicyclic) bond motifs is 1. The van der Waals surface area contributed by atoms with Crippen LogP contribution in [0.25, 0.3) is 10.9 Å². The lowest BCUT2D eigenvalue weighted by Crippen LogP contribution is -1.98. The van der Waals surface area contributed by atoms with E-state index in [2.05, 4.69) is 25.5 Å². The van der Waals surface area contributed by atoms with E-state index < -0.39 is 0 Å². The van der Waals surface area contributed by atoms with E-state index in [4.69, 9.17) is 0 Å². The zero-order chi connectivity index (χ0) is 15.5. The molecule has 4 aromatic rings. The molecule has 0 bridgehead atoms. The van der Waals surface area contributed by atoms with Crippen LogP contribution in [0.4, 0.5) is 11.6 Å². The van der Waals surface area contributed by atoms with Crippen molar-refractivity contribution in [2.45, 2.75) is 10.1 Å². The second-order valence-corrected chi connectivity index (χ2v) is 5.92. The van der Waals surface area contributed by atoms with Gasteiger partial charge < -0.3 is 5.32 Å². The van der Waals surface area contributed by atoms with Crippen LogP contribution >= 0.6 is 11.8 Å². The molecule has 23 heavy (non-hydrogen) atoms. The van der Waals surface area contributed by atoms with Crippen LogP contribution in [0, 0.1) is 0 Å². The predicted molar refractivity (Wildman–Crippen MR) is 92.0 cm³/mol. The summed E-state index contributed by atoms with van der Waals surface area (Å²) in [5, 5.41) is 11.8. The fourth-order valence-electron chi connectivity index (χ4n) is 2.24. The zero-order valence-electron chi connectivity index (χ0n) is 12.1. The molecule has 2 N–H and O–H groups in total. The number of H-pyrrole nitrogens is 1. The van der Waals surface area contributed by atoms with E-state index >= 15 is 0 Å². The Morgan fingerprint density at radius 3 is 2.52 bits per heavy atom. The second-order valence-electron chi connectivity index (χ2n) is 4.88. The number of anilines is 2. The molecule has 112 valence electrons. The third-order valence-electron chi connectivity index (χ3n) is 3.29. The lowest BCUT2D eigenvalue weighted by molar-refractivity contribution is 1.00. The predicted octanol–water partition coefficient (Wildman–Crippen LogP) is 4.25. The van der Waals surface area contributed by atoms with Crippen molar-refractivity contribution in [3.8, 4) is 0 Å². The van der Waals surface area contributed by atoms with Crippen molar-refractivity contribution < 1.29 is 0 Å². The van der Waals surface area contributed by atoms with Crippen LogP contribution in [-0.4, -0.2) is 20.2 Å². The number of nitrogens with one attached hydrogen (secondary N) is 2. The van der Waals surface area contributed by atoms with Crippen LogP contribution in [0.3, 0.4) is 0 Å². The third-order valence-corrected chi connectivity index (χ3v) is 4.16. The Hall–Kier alpha value is -2.86. The first kappa shape index (κ1) is 13.8. The third kappa shape index (κ3) is 3.02. The van der Waals surface area contributed by atoms with Crippen LogP contribution in [0.5, 0.6) is 0 Å². The van der Waals surface area contributed by atoms with Crippen molar-refractivity contribution in [2.75, 3.05) is 5.32 Å². The summed E-state index contributed by atoms with van der Waals surface area (Å²) in [6, 6.07) is 19.9. The SMILES string of the molecule is c1ccc(Sc2nc(Nc3ccn[nH]3)c3ccccc3n2)cc1. The molecule has 6 heteroatoms. The maximum atomic E-state index is 4.66. The maximum Gasteiger partial charge on any atom is 0.195 e. The quantitative estimate of drug-likeness (QED) is 0.551. The van der Waals surface area contributed by atoms with Crippen molar-refractivity contribution in [3.05, 3.63) is 66.9 Å². The van der Waals surface area contributed by atoms with E-state index in [0.29, 0.717) is 5.16 Å². The molecule has 0 atom stereocenters. The molecular formula is C17H13N5S. The van der Waals surface area contributed by atoms with E-state index in [0.717, 1.165) is 27.4 Å². The summed E-state index contributed by atoms with van der Waals surface area (Å²) >= 11 is 1.54. The molecule has 0 aliphatic heterocycles. The smallest absolute Gasteiger partial charge is 0.195 e. The summed E-state index contributed by atoms with van der Waals surface area (Å²) < 4.78 is 0. The lowest BCUT2D eigenvalue weighted by Gasteiger charge is -2.09. The summed E-state index contributed by atoms with van der Waals surface area (Å²) in [7, 11) is 0. The molecule has 0 amide bonds. The van der Waals surface area contributed by atoms with Crippen LogP contribution in [0.15, 0.2) is 76.9 Å². The number of rotatable bonds is 4. The van der Waals surface area contributed by atoms with Gasteiger partial charge in [0.25, 0.3) is 0 Å². The van der Waals surface area contributed by atoms with Crippen molar-refractivity contribution in [1.29, 1.82) is 0 Å². The van der Waals surface area contributed by atoms with Crippen LogP contribution < -0.4 is 5.32 Å². The number of benzene rings is 2. The standard InChI is InChI=1S/C17H13N5S/c1-2-6-12(7-3-1)23-17-19-14-9-5-4-8-13(14)16(21-17)20-15-10-11-18-22-15/h1-11H,(H2,18,19,20,21,22). The van der Waals surface area contributed by atoms with Gasteiger partial charge in [0.2, 0.25) is 0 Å². The largest absolute Gasteiger partial charge is 0.325 e. The van der Waals surface area contributed by atoms with Gasteiger partial charge >= 0.3 is 0 Å². The van der Waals surface area contributed by atoms with Gasteiger partial charge in [0.05, 0.1) is 11.7 Å². The molecule has 4 rings (SSSR count).